The highest BCUT2D eigenvalue weighted by molar-refractivity contribution is 7.89. The third-order valence-corrected chi connectivity index (χ3v) is 7.45. The number of carbonyl (C=O) groups is 1. The summed E-state index contributed by atoms with van der Waals surface area (Å²) in [5.41, 5.74) is 0.694. The molecule has 0 radical (unpaired) electrons. The predicted octanol–water partition coefficient (Wildman–Crippen LogP) is 3.33. The Balaban J connectivity index is 2.13. The van der Waals surface area contributed by atoms with E-state index in [4.69, 9.17) is 16.3 Å². The van der Waals surface area contributed by atoms with Crippen LogP contribution >= 0.6 is 22.9 Å². The number of imidazole rings is 1. The standard InChI is InChI=1S/C18H18ClN3O4S2/c1-21-10-9-20-17(21)15(12-4-6-13(19)7-5-12)22(2)28(24,25)14-8-11-27-16(14)18(23)26-3/h4-11,15H,1-3H3. The third-order valence-electron chi connectivity index (χ3n) is 4.31. The van der Waals surface area contributed by atoms with E-state index in [1.165, 1.54) is 24.5 Å². The fourth-order valence-corrected chi connectivity index (χ4v) is 5.58. The number of esters is 1. The number of hydrogen-bond donors (Lipinski definition) is 0. The highest BCUT2D eigenvalue weighted by atomic mass is 35.5. The van der Waals surface area contributed by atoms with Crippen LogP contribution in [0.4, 0.5) is 0 Å². The molecule has 0 N–H and O–H groups in total. The molecule has 0 aliphatic carbocycles. The van der Waals surface area contributed by atoms with Crippen molar-refractivity contribution in [2.24, 2.45) is 7.05 Å². The van der Waals surface area contributed by atoms with Crippen molar-refractivity contribution in [3.8, 4) is 0 Å². The SMILES string of the molecule is COC(=O)c1sccc1S(=O)(=O)N(C)C(c1ccc(Cl)cc1)c1nccn1C. The number of aromatic nitrogens is 2. The maximum Gasteiger partial charge on any atom is 0.349 e. The number of ether oxygens (including phenoxy) is 1. The first kappa shape index (κ1) is 20.5. The van der Waals surface area contributed by atoms with E-state index in [0.29, 0.717) is 16.4 Å². The van der Waals surface area contributed by atoms with Crippen molar-refractivity contribution in [3.05, 3.63) is 69.4 Å². The molecule has 148 valence electrons. The Kier molecular flexibility index (Phi) is 5.90. The Labute approximate surface area is 172 Å². The minimum Gasteiger partial charge on any atom is -0.465 e. The smallest absolute Gasteiger partial charge is 0.349 e. The van der Waals surface area contributed by atoms with Crippen molar-refractivity contribution in [1.82, 2.24) is 13.9 Å². The van der Waals surface area contributed by atoms with Gasteiger partial charge in [0.05, 0.1) is 7.11 Å². The zero-order valence-electron chi connectivity index (χ0n) is 15.4. The minimum atomic E-state index is -4.03. The maximum absolute atomic E-state index is 13.4. The van der Waals surface area contributed by atoms with Crippen LogP contribution in [0.15, 0.2) is 53.0 Å². The molecule has 0 fully saturated rings. The summed E-state index contributed by atoms with van der Waals surface area (Å²) in [5.74, 6) is -0.162. The first-order valence-corrected chi connectivity index (χ1v) is 10.8. The van der Waals surface area contributed by atoms with Crippen molar-refractivity contribution >= 4 is 38.9 Å². The monoisotopic (exact) mass is 439 g/mol. The van der Waals surface area contributed by atoms with Crippen LogP contribution in [0.3, 0.4) is 0 Å². The highest BCUT2D eigenvalue weighted by Gasteiger charge is 2.35. The Morgan fingerprint density at radius 2 is 1.96 bits per heavy atom. The van der Waals surface area contributed by atoms with Crippen LogP contribution in [0.5, 0.6) is 0 Å². The van der Waals surface area contributed by atoms with Crippen molar-refractivity contribution in [3.63, 3.8) is 0 Å². The Bertz CT molecular complexity index is 1090. The number of methoxy groups -OCH3 is 1. The molecule has 1 aromatic carbocycles. The van der Waals surface area contributed by atoms with Gasteiger partial charge in [0.2, 0.25) is 10.0 Å². The zero-order valence-corrected chi connectivity index (χ0v) is 17.8. The van der Waals surface area contributed by atoms with Gasteiger partial charge in [0.25, 0.3) is 0 Å². The van der Waals surface area contributed by atoms with E-state index >= 15 is 0 Å². The Hall–Kier alpha value is -2.20. The van der Waals surface area contributed by atoms with Gasteiger partial charge < -0.3 is 9.30 Å². The van der Waals surface area contributed by atoms with Gasteiger partial charge in [0.1, 0.15) is 21.6 Å². The number of nitrogens with zero attached hydrogens (tertiary/aromatic N) is 3. The molecule has 0 saturated heterocycles. The summed E-state index contributed by atoms with van der Waals surface area (Å²) in [5, 5.41) is 2.09. The second-order valence-electron chi connectivity index (χ2n) is 5.98. The van der Waals surface area contributed by atoms with E-state index in [1.54, 1.807) is 53.7 Å². The first-order valence-electron chi connectivity index (χ1n) is 8.14. The number of aryl methyl sites for hydroxylation is 1. The summed E-state index contributed by atoms with van der Waals surface area (Å²) >= 11 is 7.01. The normalized spacial score (nSPS) is 12.9. The number of carbonyl (C=O) groups excluding carboxylic acids is 1. The molecule has 3 aromatic rings. The number of thiophene rings is 1. The summed E-state index contributed by atoms with van der Waals surface area (Å²) < 4.78 is 34.4. The summed E-state index contributed by atoms with van der Waals surface area (Å²) in [6, 6.07) is 7.58. The van der Waals surface area contributed by atoms with Crippen molar-refractivity contribution in [2.45, 2.75) is 10.9 Å². The van der Waals surface area contributed by atoms with Crippen LogP contribution in [0.1, 0.15) is 27.1 Å². The van der Waals surface area contributed by atoms with E-state index in [1.807, 2.05) is 0 Å². The fraction of sp³-hybridized carbons (Fsp3) is 0.222. The topological polar surface area (TPSA) is 81.5 Å². The zero-order chi connectivity index (χ0) is 20.5. The third kappa shape index (κ3) is 3.70. The minimum absolute atomic E-state index is 0.0315. The number of hydrogen-bond acceptors (Lipinski definition) is 6. The Morgan fingerprint density at radius 3 is 2.54 bits per heavy atom. The molecule has 7 nitrogen and oxygen atoms in total. The lowest BCUT2D eigenvalue weighted by atomic mass is 10.1. The molecular weight excluding hydrogens is 422 g/mol. The molecule has 3 rings (SSSR count). The van der Waals surface area contributed by atoms with Crippen molar-refractivity contribution in [1.29, 1.82) is 0 Å². The Morgan fingerprint density at radius 1 is 1.29 bits per heavy atom. The number of rotatable bonds is 6. The average Bonchev–Trinajstić information content (AvgIpc) is 3.33. The largest absolute Gasteiger partial charge is 0.465 e. The molecular formula is C18H18ClN3O4S2. The molecule has 0 amide bonds. The van der Waals surface area contributed by atoms with Gasteiger partial charge in [-0.1, -0.05) is 23.7 Å². The van der Waals surface area contributed by atoms with E-state index in [0.717, 1.165) is 11.3 Å². The summed E-state index contributed by atoms with van der Waals surface area (Å²) in [4.78, 5) is 16.3. The molecule has 2 aromatic heterocycles. The van der Waals surface area contributed by atoms with E-state index in [-0.39, 0.29) is 9.77 Å². The quantitative estimate of drug-likeness (QED) is 0.550. The maximum atomic E-state index is 13.4. The van der Waals surface area contributed by atoms with Gasteiger partial charge in [-0.15, -0.1) is 11.3 Å². The number of benzene rings is 1. The number of sulfonamides is 1. The van der Waals surface area contributed by atoms with Gasteiger partial charge in [-0.3, -0.25) is 0 Å². The molecule has 0 aliphatic heterocycles. The molecule has 0 bridgehead atoms. The van der Waals surface area contributed by atoms with Crippen LogP contribution in [-0.2, 0) is 21.8 Å². The highest BCUT2D eigenvalue weighted by Crippen LogP contribution is 2.34. The van der Waals surface area contributed by atoms with Crippen molar-refractivity contribution < 1.29 is 17.9 Å². The van der Waals surface area contributed by atoms with Crippen LogP contribution in [0.2, 0.25) is 5.02 Å². The fourth-order valence-electron chi connectivity index (χ4n) is 2.84. The van der Waals surface area contributed by atoms with Gasteiger partial charge in [0.15, 0.2) is 0 Å². The lowest BCUT2D eigenvalue weighted by Gasteiger charge is -2.27. The summed E-state index contributed by atoms with van der Waals surface area (Å²) in [7, 11) is 0.438. The predicted molar refractivity (Wildman–Crippen MR) is 107 cm³/mol. The lowest BCUT2D eigenvalue weighted by Crippen LogP contribution is -2.34. The van der Waals surface area contributed by atoms with Crippen LogP contribution in [-0.4, -0.2) is 42.4 Å². The van der Waals surface area contributed by atoms with Gasteiger partial charge in [-0.25, -0.2) is 18.2 Å². The molecule has 28 heavy (non-hydrogen) atoms. The molecule has 0 spiro atoms. The van der Waals surface area contributed by atoms with Crippen molar-refractivity contribution in [2.75, 3.05) is 14.2 Å². The number of halogens is 1. The van der Waals surface area contributed by atoms with Gasteiger partial charge >= 0.3 is 5.97 Å². The average molecular weight is 440 g/mol. The second-order valence-corrected chi connectivity index (χ2v) is 9.30. The summed E-state index contributed by atoms with van der Waals surface area (Å²) in [6.07, 6.45) is 3.34. The van der Waals surface area contributed by atoms with Gasteiger partial charge in [0, 0.05) is 31.5 Å². The molecule has 0 aliphatic rings. The van der Waals surface area contributed by atoms with E-state index < -0.39 is 22.0 Å². The molecule has 2 heterocycles. The second kappa shape index (κ2) is 8.04. The molecule has 0 saturated carbocycles. The lowest BCUT2D eigenvalue weighted by molar-refractivity contribution is 0.0602. The van der Waals surface area contributed by atoms with Crippen LogP contribution in [0, 0.1) is 0 Å². The van der Waals surface area contributed by atoms with Crippen LogP contribution in [0.25, 0.3) is 0 Å². The first-order chi connectivity index (χ1) is 13.3. The van der Waals surface area contributed by atoms with E-state index in [2.05, 4.69) is 4.98 Å². The van der Waals surface area contributed by atoms with Crippen LogP contribution < -0.4 is 0 Å². The molecule has 1 atom stereocenters. The van der Waals surface area contributed by atoms with Gasteiger partial charge in [-0.05, 0) is 29.1 Å². The van der Waals surface area contributed by atoms with E-state index in [9.17, 15) is 13.2 Å². The summed E-state index contributed by atoms with van der Waals surface area (Å²) in [6.45, 7) is 0. The molecule has 10 heteroatoms. The van der Waals surface area contributed by atoms with Gasteiger partial charge in [-0.2, -0.15) is 4.31 Å². The molecule has 1 unspecified atom stereocenters.